The molecular weight excluding hydrogens is 286 g/mol. The number of hydrogen-bond donors (Lipinski definition) is 1. The van der Waals surface area contributed by atoms with Crippen LogP contribution in [0, 0.1) is 0 Å². The van der Waals surface area contributed by atoms with Crippen LogP contribution in [-0.2, 0) is 17.6 Å². The molecule has 4 heteroatoms. The molecule has 0 atom stereocenters. The van der Waals surface area contributed by atoms with Gasteiger partial charge in [0.1, 0.15) is 0 Å². The van der Waals surface area contributed by atoms with Crippen molar-refractivity contribution in [1.82, 2.24) is 0 Å². The first-order valence-corrected chi connectivity index (χ1v) is 7.20. The van der Waals surface area contributed by atoms with Gasteiger partial charge in [-0.1, -0.05) is 41.9 Å². The minimum atomic E-state index is -0.0602. The lowest BCUT2D eigenvalue weighted by Gasteiger charge is -2.07. The van der Waals surface area contributed by atoms with E-state index in [0.717, 1.165) is 11.1 Å². The van der Waals surface area contributed by atoms with Crippen LogP contribution in [0.5, 0.6) is 0 Å². The highest BCUT2D eigenvalue weighted by atomic mass is 35.5. The minimum Gasteiger partial charge on any atom is -0.325 e. The van der Waals surface area contributed by atoms with Crippen molar-refractivity contribution in [3.05, 3.63) is 64.2 Å². The van der Waals surface area contributed by atoms with Crippen LogP contribution >= 0.6 is 11.6 Å². The number of aryl methyl sites for hydroxylation is 1. The van der Waals surface area contributed by atoms with Crippen LogP contribution in [0.15, 0.2) is 42.5 Å². The van der Waals surface area contributed by atoms with Crippen molar-refractivity contribution in [3.63, 3.8) is 0 Å². The third-order valence-corrected chi connectivity index (χ3v) is 3.91. The molecule has 3 rings (SSSR count). The summed E-state index contributed by atoms with van der Waals surface area (Å²) in [5.74, 6) is -0.0547. The van der Waals surface area contributed by atoms with Gasteiger partial charge in [-0.15, -0.1) is 0 Å². The number of fused-ring (bicyclic) bond motifs is 1. The Kier molecular flexibility index (Phi) is 3.76. The first-order chi connectivity index (χ1) is 10.1. The van der Waals surface area contributed by atoms with E-state index < -0.39 is 0 Å². The lowest BCUT2D eigenvalue weighted by Crippen LogP contribution is -2.03. The van der Waals surface area contributed by atoms with Crippen molar-refractivity contribution in [1.29, 1.82) is 0 Å². The number of amides is 1. The number of anilines is 1. The molecule has 3 nitrogen and oxygen atoms in total. The zero-order valence-corrected chi connectivity index (χ0v) is 12.1. The summed E-state index contributed by atoms with van der Waals surface area (Å²) in [6.07, 6.45) is 1.40. The average Bonchev–Trinajstić information content (AvgIpc) is 2.84. The maximum Gasteiger partial charge on any atom is 0.228 e. The number of nitrogens with one attached hydrogen (secondary N) is 1. The molecule has 2 aromatic carbocycles. The summed E-state index contributed by atoms with van der Waals surface area (Å²) in [6.45, 7) is 0. The standard InChI is InChI=1S/C17H14ClNO2/c18-14-10-15-12(9-17(21)19-15)8-13(14)16(20)7-6-11-4-2-1-3-5-11/h1-5,8,10H,6-7,9H2,(H,19,21). The van der Waals surface area contributed by atoms with E-state index in [1.807, 2.05) is 30.3 Å². The highest BCUT2D eigenvalue weighted by Crippen LogP contribution is 2.30. The van der Waals surface area contributed by atoms with Gasteiger partial charge in [0.25, 0.3) is 0 Å². The smallest absolute Gasteiger partial charge is 0.228 e. The largest absolute Gasteiger partial charge is 0.325 e. The summed E-state index contributed by atoms with van der Waals surface area (Å²) in [7, 11) is 0. The van der Waals surface area contributed by atoms with Crippen LogP contribution in [-0.4, -0.2) is 11.7 Å². The Morgan fingerprint density at radius 3 is 2.71 bits per heavy atom. The molecule has 0 unspecified atom stereocenters. The van der Waals surface area contributed by atoms with Gasteiger partial charge < -0.3 is 5.32 Å². The predicted molar refractivity (Wildman–Crippen MR) is 82.9 cm³/mol. The molecule has 0 fully saturated rings. The predicted octanol–water partition coefficient (Wildman–Crippen LogP) is 3.65. The Labute approximate surface area is 127 Å². The van der Waals surface area contributed by atoms with Crippen molar-refractivity contribution < 1.29 is 9.59 Å². The Balaban J connectivity index is 1.76. The summed E-state index contributed by atoms with van der Waals surface area (Å²) in [5, 5.41) is 3.12. The zero-order valence-electron chi connectivity index (χ0n) is 11.4. The summed E-state index contributed by atoms with van der Waals surface area (Å²) in [5.41, 5.74) is 3.18. The second kappa shape index (κ2) is 5.70. The molecule has 0 radical (unpaired) electrons. The van der Waals surface area contributed by atoms with Gasteiger partial charge in [0.15, 0.2) is 5.78 Å². The quantitative estimate of drug-likeness (QED) is 0.876. The number of carbonyl (C=O) groups is 2. The van der Waals surface area contributed by atoms with Crippen LogP contribution in [0.25, 0.3) is 0 Å². The molecule has 2 aromatic rings. The molecule has 1 aliphatic rings. The fraction of sp³-hybridized carbons (Fsp3) is 0.176. The molecule has 0 saturated heterocycles. The van der Waals surface area contributed by atoms with Gasteiger partial charge in [-0.05, 0) is 29.7 Å². The summed E-state index contributed by atoms with van der Waals surface area (Å²) in [6, 6.07) is 13.3. The molecular formula is C17H14ClNO2. The molecule has 0 saturated carbocycles. The van der Waals surface area contributed by atoms with Gasteiger partial charge in [0.2, 0.25) is 5.91 Å². The third-order valence-electron chi connectivity index (χ3n) is 3.60. The van der Waals surface area contributed by atoms with E-state index in [-0.39, 0.29) is 11.7 Å². The van der Waals surface area contributed by atoms with Gasteiger partial charge in [0, 0.05) is 17.7 Å². The summed E-state index contributed by atoms with van der Waals surface area (Å²) >= 11 is 6.16. The molecule has 1 aliphatic heterocycles. The number of ketones is 1. The molecule has 1 heterocycles. The maximum atomic E-state index is 12.3. The Morgan fingerprint density at radius 2 is 1.95 bits per heavy atom. The van der Waals surface area contributed by atoms with E-state index in [9.17, 15) is 9.59 Å². The highest BCUT2D eigenvalue weighted by Gasteiger charge is 2.21. The number of Topliss-reactive ketones (excluding diaryl/α,β-unsaturated/α-hetero) is 1. The van der Waals surface area contributed by atoms with E-state index in [1.165, 1.54) is 0 Å². The molecule has 1 amide bonds. The third kappa shape index (κ3) is 2.98. The molecule has 0 aromatic heterocycles. The normalized spacial score (nSPS) is 12.9. The van der Waals surface area contributed by atoms with Crippen LogP contribution < -0.4 is 5.32 Å². The number of halogens is 1. The Morgan fingerprint density at radius 1 is 1.19 bits per heavy atom. The van der Waals surface area contributed by atoms with Crippen LogP contribution in [0.4, 0.5) is 5.69 Å². The molecule has 21 heavy (non-hydrogen) atoms. The lowest BCUT2D eigenvalue weighted by atomic mass is 10.00. The van der Waals surface area contributed by atoms with E-state index in [2.05, 4.69) is 5.32 Å². The second-order valence-electron chi connectivity index (χ2n) is 5.12. The van der Waals surface area contributed by atoms with E-state index in [1.54, 1.807) is 12.1 Å². The lowest BCUT2D eigenvalue weighted by molar-refractivity contribution is -0.115. The molecule has 0 bridgehead atoms. The zero-order chi connectivity index (χ0) is 14.8. The number of benzene rings is 2. The SMILES string of the molecule is O=C1Cc2cc(C(=O)CCc3ccccc3)c(Cl)cc2N1. The molecule has 106 valence electrons. The number of rotatable bonds is 4. The molecule has 0 spiro atoms. The molecule has 1 N–H and O–H groups in total. The monoisotopic (exact) mass is 299 g/mol. The van der Waals surface area contributed by atoms with Gasteiger partial charge in [-0.3, -0.25) is 9.59 Å². The first-order valence-electron chi connectivity index (χ1n) is 6.83. The van der Waals surface area contributed by atoms with Crippen molar-refractivity contribution >= 4 is 29.0 Å². The fourth-order valence-corrected chi connectivity index (χ4v) is 2.77. The Bertz CT molecular complexity index is 710. The van der Waals surface area contributed by atoms with Crippen molar-refractivity contribution in [2.45, 2.75) is 19.3 Å². The van der Waals surface area contributed by atoms with E-state index >= 15 is 0 Å². The summed E-state index contributed by atoms with van der Waals surface area (Å²) in [4.78, 5) is 23.7. The second-order valence-corrected chi connectivity index (χ2v) is 5.53. The number of carbonyl (C=O) groups excluding carboxylic acids is 2. The number of hydrogen-bond acceptors (Lipinski definition) is 2. The minimum absolute atomic E-state index is 0.00556. The van der Waals surface area contributed by atoms with Gasteiger partial charge >= 0.3 is 0 Å². The average molecular weight is 300 g/mol. The van der Waals surface area contributed by atoms with Crippen LogP contribution in [0.3, 0.4) is 0 Å². The Hall–Kier alpha value is -2.13. The maximum absolute atomic E-state index is 12.3. The van der Waals surface area contributed by atoms with Gasteiger partial charge in [0.05, 0.1) is 11.4 Å². The molecule has 0 aliphatic carbocycles. The highest BCUT2D eigenvalue weighted by molar-refractivity contribution is 6.34. The van der Waals surface area contributed by atoms with Gasteiger partial charge in [-0.25, -0.2) is 0 Å². The van der Waals surface area contributed by atoms with Gasteiger partial charge in [-0.2, -0.15) is 0 Å². The van der Waals surface area contributed by atoms with Crippen molar-refractivity contribution in [3.8, 4) is 0 Å². The van der Waals surface area contributed by atoms with Crippen molar-refractivity contribution in [2.24, 2.45) is 0 Å². The van der Waals surface area contributed by atoms with Crippen LogP contribution in [0.1, 0.15) is 27.9 Å². The topological polar surface area (TPSA) is 46.2 Å². The van der Waals surface area contributed by atoms with Crippen molar-refractivity contribution in [2.75, 3.05) is 5.32 Å². The first kappa shape index (κ1) is 13.8. The van der Waals surface area contributed by atoms with E-state index in [0.29, 0.717) is 35.5 Å². The van der Waals surface area contributed by atoms with E-state index in [4.69, 9.17) is 11.6 Å². The van der Waals surface area contributed by atoms with Crippen LogP contribution in [0.2, 0.25) is 5.02 Å². The fourth-order valence-electron chi connectivity index (χ4n) is 2.50. The summed E-state index contributed by atoms with van der Waals surface area (Å²) < 4.78 is 0.